The summed E-state index contributed by atoms with van der Waals surface area (Å²) in [5, 5.41) is 5.06. The fourth-order valence-corrected chi connectivity index (χ4v) is 5.04. The number of hydrogen-bond donors (Lipinski definition) is 1. The summed E-state index contributed by atoms with van der Waals surface area (Å²) in [5.41, 5.74) is 4.26. The zero-order valence-electron chi connectivity index (χ0n) is 18.5. The van der Waals surface area contributed by atoms with Crippen LogP contribution in [0.2, 0.25) is 0 Å². The van der Waals surface area contributed by atoms with Gasteiger partial charge in [-0.1, -0.05) is 42.5 Å². The molecule has 2 heterocycles. The Morgan fingerprint density at radius 2 is 2.03 bits per heavy atom. The van der Waals surface area contributed by atoms with Crippen LogP contribution in [-0.2, 0) is 22.4 Å². The highest BCUT2D eigenvalue weighted by atomic mass is 32.1. The van der Waals surface area contributed by atoms with Crippen molar-refractivity contribution in [3.63, 3.8) is 0 Å². The van der Waals surface area contributed by atoms with Crippen LogP contribution in [0.3, 0.4) is 0 Å². The molecule has 166 valence electrons. The van der Waals surface area contributed by atoms with E-state index in [1.165, 1.54) is 4.88 Å². The van der Waals surface area contributed by atoms with Crippen LogP contribution in [0, 0.1) is 12.8 Å². The van der Waals surface area contributed by atoms with E-state index in [0.717, 1.165) is 28.0 Å². The largest absolute Gasteiger partial charge is 0.496 e. The number of aryl methyl sites for hydroxylation is 1. The number of ether oxygens (including phenoxy) is 1. The number of rotatable bonds is 6. The Balaban J connectivity index is 1.49. The summed E-state index contributed by atoms with van der Waals surface area (Å²) in [5.74, 6) is 0.597. The normalized spacial score (nSPS) is 16.4. The lowest BCUT2D eigenvalue weighted by Crippen LogP contribution is -2.38. The standard InChI is InChI=1S/C26H28N2O3S/c1-18-14-19(9-10-23(18)31-2)15-25(29)28-12-11-27-26(30)21(17-28)16-20-6-3-4-7-22(20)24-8-5-13-32-24/h3-10,13-14,21H,11-12,15-17H2,1-2H3,(H,27,30)/t21-/m1/s1. The van der Waals surface area contributed by atoms with Gasteiger partial charge in [0, 0.05) is 24.5 Å². The third kappa shape index (κ3) is 5.02. The van der Waals surface area contributed by atoms with E-state index in [1.807, 2.05) is 48.2 Å². The van der Waals surface area contributed by atoms with Crippen LogP contribution < -0.4 is 10.1 Å². The molecule has 4 rings (SSSR count). The topological polar surface area (TPSA) is 58.6 Å². The van der Waals surface area contributed by atoms with Crippen LogP contribution in [0.15, 0.2) is 60.0 Å². The minimum atomic E-state index is -0.278. The molecule has 0 bridgehead atoms. The average molecular weight is 449 g/mol. The molecule has 1 saturated heterocycles. The molecule has 2 aromatic carbocycles. The van der Waals surface area contributed by atoms with Gasteiger partial charge in [0.2, 0.25) is 11.8 Å². The van der Waals surface area contributed by atoms with Gasteiger partial charge < -0.3 is 15.0 Å². The lowest BCUT2D eigenvalue weighted by molar-refractivity contribution is -0.131. The number of carbonyl (C=O) groups is 2. The van der Waals surface area contributed by atoms with E-state index in [1.54, 1.807) is 18.4 Å². The van der Waals surface area contributed by atoms with E-state index in [0.29, 0.717) is 32.5 Å². The van der Waals surface area contributed by atoms with Crippen LogP contribution in [0.1, 0.15) is 16.7 Å². The van der Waals surface area contributed by atoms with Crippen LogP contribution in [-0.4, -0.2) is 43.5 Å². The SMILES string of the molecule is COc1ccc(CC(=O)N2CCNC(=O)[C@H](Cc3ccccc3-c3cccs3)C2)cc1C. The Kier molecular flexibility index (Phi) is 6.90. The van der Waals surface area contributed by atoms with Crippen molar-refractivity contribution in [2.24, 2.45) is 5.92 Å². The summed E-state index contributed by atoms with van der Waals surface area (Å²) in [6.07, 6.45) is 0.920. The highest BCUT2D eigenvalue weighted by molar-refractivity contribution is 7.13. The summed E-state index contributed by atoms with van der Waals surface area (Å²) in [6, 6.07) is 18.2. The van der Waals surface area contributed by atoms with E-state index in [2.05, 4.69) is 28.9 Å². The summed E-state index contributed by atoms with van der Waals surface area (Å²) >= 11 is 1.69. The molecule has 2 amide bonds. The second-order valence-electron chi connectivity index (χ2n) is 8.15. The second-order valence-corrected chi connectivity index (χ2v) is 9.09. The summed E-state index contributed by atoms with van der Waals surface area (Å²) in [7, 11) is 1.64. The van der Waals surface area contributed by atoms with Crippen molar-refractivity contribution in [1.29, 1.82) is 0 Å². The molecule has 1 N–H and O–H groups in total. The number of hydrogen-bond acceptors (Lipinski definition) is 4. The predicted octanol–water partition coefficient (Wildman–Crippen LogP) is 4.09. The second kappa shape index (κ2) is 10.0. The molecule has 1 aliphatic heterocycles. The first-order chi connectivity index (χ1) is 15.5. The molecule has 1 fully saturated rings. The first kappa shape index (κ1) is 22.1. The first-order valence-electron chi connectivity index (χ1n) is 10.9. The summed E-state index contributed by atoms with van der Waals surface area (Å²) in [4.78, 5) is 28.9. The molecule has 1 aromatic heterocycles. The monoisotopic (exact) mass is 448 g/mol. The Bertz CT molecular complexity index is 1090. The van der Waals surface area contributed by atoms with E-state index >= 15 is 0 Å². The molecule has 0 saturated carbocycles. The van der Waals surface area contributed by atoms with Crippen LogP contribution in [0.5, 0.6) is 5.75 Å². The molecule has 6 heteroatoms. The number of methoxy groups -OCH3 is 1. The number of thiophene rings is 1. The first-order valence-corrected chi connectivity index (χ1v) is 11.7. The molecule has 0 radical (unpaired) electrons. The maximum absolute atomic E-state index is 13.1. The van der Waals surface area contributed by atoms with Crippen molar-refractivity contribution < 1.29 is 14.3 Å². The van der Waals surface area contributed by atoms with E-state index in [9.17, 15) is 9.59 Å². The maximum Gasteiger partial charge on any atom is 0.227 e. The predicted molar refractivity (Wildman–Crippen MR) is 128 cm³/mol. The van der Waals surface area contributed by atoms with Crippen molar-refractivity contribution in [1.82, 2.24) is 10.2 Å². The quantitative estimate of drug-likeness (QED) is 0.618. The Labute approximate surface area is 193 Å². The molecular formula is C26H28N2O3S. The average Bonchev–Trinajstić information content (AvgIpc) is 3.26. The fraction of sp³-hybridized carbons (Fsp3) is 0.308. The molecule has 5 nitrogen and oxygen atoms in total. The van der Waals surface area contributed by atoms with Crippen molar-refractivity contribution in [2.75, 3.05) is 26.7 Å². The minimum absolute atomic E-state index is 0.0153. The van der Waals surface area contributed by atoms with Gasteiger partial charge in [-0.05, 0) is 53.1 Å². The van der Waals surface area contributed by atoms with Crippen molar-refractivity contribution in [2.45, 2.75) is 19.8 Å². The van der Waals surface area contributed by atoms with E-state index in [-0.39, 0.29) is 17.7 Å². The molecule has 1 aliphatic rings. The number of nitrogens with one attached hydrogen (secondary N) is 1. The molecular weight excluding hydrogens is 420 g/mol. The third-order valence-electron chi connectivity index (χ3n) is 5.93. The van der Waals surface area contributed by atoms with Gasteiger partial charge in [0.25, 0.3) is 0 Å². The zero-order chi connectivity index (χ0) is 22.5. The van der Waals surface area contributed by atoms with Gasteiger partial charge in [0.1, 0.15) is 5.75 Å². The summed E-state index contributed by atoms with van der Waals surface area (Å²) in [6.45, 7) is 3.42. The Morgan fingerprint density at radius 1 is 1.19 bits per heavy atom. The zero-order valence-corrected chi connectivity index (χ0v) is 19.3. The van der Waals surface area contributed by atoms with Crippen molar-refractivity contribution >= 4 is 23.2 Å². The minimum Gasteiger partial charge on any atom is -0.496 e. The molecule has 1 atom stereocenters. The van der Waals surface area contributed by atoms with Gasteiger partial charge in [-0.2, -0.15) is 0 Å². The highest BCUT2D eigenvalue weighted by Gasteiger charge is 2.28. The lowest BCUT2D eigenvalue weighted by atomic mass is 9.94. The lowest BCUT2D eigenvalue weighted by Gasteiger charge is -2.24. The molecule has 0 aliphatic carbocycles. The molecule has 3 aromatic rings. The van der Waals surface area contributed by atoms with Gasteiger partial charge in [-0.25, -0.2) is 0 Å². The van der Waals surface area contributed by atoms with Gasteiger partial charge in [-0.15, -0.1) is 11.3 Å². The number of carbonyl (C=O) groups excluding carboxylic acids is 2. The van der Waals surface area contributed by atoms with Gasteiger partial charge >= 0.3 is 0 Å². The Hall–Kier alpha value is -3.12. The van der Waals surface area contributed by atoms with Crippen LogP contribution in [0.4, 0.5) is 0 Å². The maximum atomic E-state index is 13.1. The number of nitrogens with zero attached hydrogens (tertiary/aromatic N) is 1. The number of benzene rings is 2. The van der Waals surface area contributed by atoms with Gasteiger partial charge in [0.05, 0.1) is 19.4 Å². The Morgan fingerprint density at radius 3 is 2.78 bits per heavy atom. The number of amides is 2. The third-order valence-corrected chi connectivity index (χ3v) is 6.83. The van der Waals surface area contributed by atoms with Gasteiger partial charge in [-0.3, -0.25) is 9.59 Å². The van der Waals surface area contributed by atoms with Crippen LogP contribution in [0.25, 0.3) is 10.4 Å². The van der Waals surface area contributed by atoms with E-state index < -0.39 is 0 Å². The fourth-order valence-electron chi connectivity index (χ4n) is 4.26. The molecule has 0 unspecified atom stereocenters. The highest BCUT2D eigenvalue weighted by Crippen LogP contribution is 2.30. The van der Waals surface area contributed by atoms with Crippen molar-refractivity contribution in [3.05, 3.63) is 76.7 Å². The van der Waals surface area contributed by atoms with Crippen LogP contribution >= 0.6 is 11.3 Å². The summed E-state index contributed by atoms with van der Waals surface area (Å²) < 4.78 is 5.32. The van der Waals surface area contributed by atoms with Gasteiger partial charge in [0.15, 0.2) is 0 Å². The van der Waals surface area contributed by atoms with E-state index in [4.69, 9.17) is 4.74 Å². The van der Waals surface area contributed by atoms with Crippen molar-refractivity contribution in [3.8, 4) is 16.2 Å². The smallest absolute Gasteiger partial charge is 0.227 e. The molecule has 0 spiro atoms. The molecule has 32 heavy (non-hydrogen) atoms.